The van der Waals surface area contributed by atoms with Crippen LogP contribution in [0.3, 0.4) is 0 Å². The number of halogens is 1. The summed E-state index contributed by atoms with van der Waals surface area (Å²) in [5.41, 5.74) is 5.71. The van der Waals surface area contributed by atoms with Crippen molar-refractivity contribution in [2.24, 2.45) is 5.73 Å². The van der Waals surface area contributed by atoms with Crippen molar-refractivity contribution in [2.75, 3.05) is 13.7 Å². The van der Waals surface area contributed by atoms with Crippen molar-refractivity contribution in [3.8, 4) is 5.75 Å². The first-order chi connectivity index (χ1) is 10.4. The zero-order chi connectivity index (χ0) is 16.3. The van der Waals surface area contributed by atoms with Crippen molar-refractivity contribution in [2.45, 2.75) is 36.7 Å². The van der Waals surface area contributed by atoms with Crippen LogP contribution in [-0.4, -0.2) is 40.1 Å². The Morgan fingerprint density at radius 3 is 2.61 bits per heavy atom. The Kier molecular flexibility index (Phi) is 6.82. The summed E-state index contributed by atoms with van der Waals surface area (Å²) in [6.07, 6.45) is 1.66. The van der Waals surface area contributed by atoms with E-state index in [9.17, 15) is 13.2 Å². The molecule has 0 unspecified atom stereocenters. The van der Waals surface area contributed by atoms with Crippen molar-refractivity contribution in [3.05, 3.63) is 23.8 Å². The topological polar surface area (TPSA) is 111 Å². The Morgan fingerprint density at radius 2 is 2.09 bits per heavy atom. The summed E-state index contributed by atoms with van der Waals surface area (Å²) in [6, 6.07) is 4.10. The number of methoxy groups -OCH3 is 1. The molecule has 2 rings (SSSR count). The maximum atomic E-state index is 12.4. The van der Waals surface area contributed by atoms with Gasteiger partial charge in [-0.25, -0.2) is 13.1 Å². The maximum absolute atomic E-state index is 12.4. The fourth-order valence-electron chi connectivity index (χ4n) is 1.88. The van der Waals surface area contributed by atoms with Crippen LogP contribution < -0.4 is 20.5 Å². The van der Waals surface area contributed by atoms with Gasteiger partial charge < -0.3 is 15.8 Å². The normalized spacial score (nSPS) is 15.4. The predicted octanol–water partition coefficient (Wildman–Crippen LogP) is 0.635. The minimum Gasteiger partial charge on any atom is -0.495 e. The Bertz CT molecular complexity index is 662. The fraction of sp³-hybridized carbons (Fsp3) is 0.500. The molecular weight excluding hydrogens is 342 g/mol. The molecule has 1 fully saturated rings. The molecular formula is C14H22ClN3O4S. The van der Waals surface area contributed by atoms with Crippen LogP contribution in [0.1, 0.15) is 30.1 Å². The molecule has 9 heteroatoms. The zero-order valence-electron chi connectivity index (χ0n) is 13.0. The number of amides is 1. The lowest BCUT2D eigenvalue weighted by Crippen LogP contribution is -2.37. The van der Waals surface area contributed by atoms with E-state index in [-0.39, 0.29) is 46.6 Å². The second-order valence-corrected chi connectivity index (χ2v) is 7.05. The molecule has 1 aromatic rings. The number of hydrogen-bond donors (Lipinski definition) is 3. The summed E-state index contributed by atoms with van der Waals surface area (Å²) < 4.78 is 32.4. The van der Waals surface area contributed by atoms with Gasteiger partial charge in [-0.05, 0) is 38.0 Å². The first-order valence-corrected chi connectivity index (χ1v) is 8.57. The number of sulfonamides is 1. The lowest BCUT2D eigenvalue weighted by atomic mass is 10.2. The van der Waals surface area contributed by atoms with E-state index >= 15 is 0 Å². The Balaban J connectivity index is 0.00000264. The van der Waals surface area contributed by atoms with Crippen LogP contribution in [0.5, 0.6) is 5.75 Å². The number of rotatable bonds is 7. The van der Waals surface area contributed by atoms with E-state index in [0.29, 0.717) is 6.54 Å². The summed E-state index contributed by atoms with van der Waals surface area (Å²) in [5, 5.41) is 2.70. The minimum atomic E-state index is -3.71. The lowest BCUT2D eigenvalue weighted by Gasteiger charge is -2.14. The van der Waals surface area contributed by atoms with E-state index in [2.05, 4.69) is 10.0 Å². The molecule has 1 aliphatic rings. The third kappa shape index (κ3) is 5.07. The van der Waals surface area contributed by atoms with Gasteiger partial charge in [-0.1, -0.05) is 0 Å². The number of nitrogens with one attached hydrogen (secondary N) is 2. The van der Waals surface area contributed by atoms with Crippen molar-refractivity contribution in [1.82, 2.24) is 10.0 Å². The molecule has 1 atom stereocenters. The highest BCUT2D eigenvalue weighted by atomic mass is 35.5. The molecule has 0 bridgehead atoms. The Hall–Kier alpha value is -1.35. The standard InChI is InChI=1S/C14H21N3O4S.ClH/c1-9(8-15)16-14(18)10-3-6-12(21-2)13(7-10)22(19,20)17-11-4-5-11;/h3,6-7,9,11,17H,4-5,8,15H2,1-2H3,(H,16,18);1H/t9-;/m0./s1. The molecule has 130 valence electrons. The summed E-state index contributed by atoms with van der Waals surface area (Å²) in [6.45, 7) is 2.07. The number of carbonyl (C=O) groups is 1. The van der Waals surface area contributed by atoms with Gasteiger partial charge in [0.1, 0.15) is 10.6 Å². The van der Waals surface area contributed by atoms with Crippen LogP contribution in [-0.2, 0) is 10.0 Å². The molecule has 0 spiro atoms. The first kappa shape index (κ1) is 19.7. The molecule has 0 heterocycles. The number of ether oxygens (including phenoxy) is 1. The van der Waals surface area contributed by atoms with E-state index in [1.807, 2.05) is 0 Å². The van der Waals surface area contributed by atoms with Gasteiger partial charge in [0, 0.05) is 24.2 Å². The van der Waals surface area contributed by atoms with Crippen molar-refractivity contribution >= 4 is 28.3 Å². The van der Waals surface area contributed by atoms with Crippen LogP contribution in [0.2, 0.25) is 0 Å². The molecule has 0 saturated heterocycles. The maximum Gasteiger partial charge on any atom is 0.251 e. The average molecular weight is 364 g/mol. The number of carbonyl (C=O) groups excluding carboxylic acids is 1. The summed E-state index contributed by atoms with van der Waals surface area (Å²) in [4.78, 5) is 12.1. The second-order valence-electron chi connectivity index (χ2n) is 5.37. The van der Waals surface area contributed by atoms with E-state index in [0.717, 1.165) is 12.8 Å². The first-order valence-electron chi connectivity index (χ1n) is 7.08. The van der Waals surface area contributed by atoms with Crippen LogP contribution in [0.25, 0.3) is 0 Å². The monoisotopic (exact) mass is 363 g/mol. The molecule has 1 aromatic carbocycles. The molecule has 1 amide bonds. The molecule has 1 saturated carbocycles. The third-order valence-corrected chi connectivity index (χ3v) is 4.89. The van der Waals surface area contributed by atoms with Crippen LogP contribution in [0, 0.1) is 0 Å². The van der Waals surface area contributed by atoms with Gasteiger partial charge in [-0.15, -0.1) is 12.4 Å². The highest BCUT2D eigenvalue weighted by Crippen LogP contribution is 2.28. The van der Waals surface area contributed by atoms with Crippen LogP contribution in [0.15, 0.2) is 23.1 Å². The fourth-order valence-corrected chi connectivity index (χ4v) is 3.38. The van der Waals surface area contributed by atoms with Gasteiger partial charge in [-0.2, -0.15) is 0 Å². The second kappa shape index (κ2) is 7.96. The zero-order valence-corrected chi connectivity index (χ0v) is 14.7. The van der Waals surface area contributed by atoms with Gasteiger partial charge >= 0.3 is 0 Å². The molecule has 0 aliphatic heterocycles. The average Bonchev–Trinajstić information content (AvgIpc) is 3.29. The van der Waals surface area contributed by atoms with Gasteiger partial charge in [-0.3, -0.25) is 4.79 Å². The molecule has 7 nitrogen and oxygen atoms in total. The summed E-state index contributed by atoms with van der Waals surface area (Å²) in [7, 11) is -2.32. The van der Waals surface area contributed by atoms with Crippen LogP contribution in [0.4, 0.5) is 0 Å². The smallest absolute Gasteiger partial charge is 0.251 e. The van der Waals surface area contributed by atoms with E-state index in [1.165, 1.54) is 25.3 Å². The number of nitrogens with two attached hydrogens (primary N) is 1. The van der Waals surface area contributed by atoms with E-state index in [4.69, 9.17) is 10.5 Å². The predicted molar refractivity (Wildman–Crippen MR) is 89.6 cm³/mol. The number of benzene rings is 1. The van der Waals surface area contributed by atoms with E-state index in [1.54, 1.807) is 6.92 Å². The molecule has 23 heavy (non-hydrogen) atoms. The van der Waals surface area contributed by atoms with Gasteiger partial charge in [0.15, 0.2) is 0 Å². The summed E-state index contributed by atoms with van der Waals surface area (Å²) in [5.74, 6) is -0.167. The van der Waals surface area contributed by atoms with Crippen molar-refractivity contribution < 1.29 is 17.9 Å². The summed E-state index contributed by atoms with van der Waals surface area (Å²) >= 11 is 0. The molecule has 0 radical (unpaired) electrons. The van der Waals surface area contributed by atoms with Crippen LogP contribution >= 0.6 is 12.4 Å². The highest BCUT2D eigenvalue weighted by Gasteiger charge is 2.30. The van der Waals surface area contributed by atoms with E-state index < -0.39 is 10.0 Å². The van der Waals surface area contributed by atoms with Crippen molar-refractivity contribution in [3.63, 3.8) is 0 Å². The Morgan fingerprint density at radius 1 is 1.43 bits per heavy atom. The SMILES string of the molecule is COc1ccc(C(=O)N[C@@H](C)CN)cc1S(=O)(=O)NC1CC1.Cl. The lowest BCUT2D eigenvalue weighted by molar-refractivity contribution is 0.0941. The largest absolute Gasteiger partial charge is 0.495 e. The van der Waals surface area contributed by atoms with Gasteiger partial charge in [0.25, 0.3) is 5.91 Å². The third-order valence-electron chi connectivity index (χ3n) is 3.35. The Labute approximate surface area is 142 Å². The van der Waals surface area contributed by atoms with Gasteiger partial charge in [0.2, 0.25) is 10.0 Å². The highest BCUT2D eigenvalue weighted by molar-refractivity contribution is 7.89. The molecule has 4 N–H and O–H groups in total. The van der Waals surface area contributed by atoms with Gasteiger partial charge in [0.05, 0.1) is 7.11 Å². The van der Waals surface area contributed by atoms with Crippen molar-refractivity contribution in [1.29, 1.82) is 0 Å². The molecule has 0 aromatic heterocycles. The minimum absolute atomic E-state index is 0. The number of hydrogen-bond acceptors (Lipinski definition) is 5. The quantitative estimate of drug-likeness (QED) is 0.658. The molecule has 1 aliphatic carbocycles.